The minimum atomic E-state index is -0.149. The highest BCUT2D eigenvalue weighted by Crippen LogP contribution is 2.35. The maximum absolute atomic E-state index is 12.5. The van der Waals surface area contributed by atoms with E-state index in [-0.39, 0.29) is 5.54 Å². The lowest BCUT2D eigenvalue weighted by Crippen LogP contribution is -2.44. The van der Waals surface area contributed by atoms with E-state index in [1.54, 1.807) is 0 Å². The molecule has 0 radical (unpaired) electrons. The fourth-order valence-corrected chi connectivity index (χ4v) is 4.66. The molecule has 0 aromatic carbocycles. The van der Waals surface area contributed by atoms with Crippen LogP contribution in [-0.2, 0) is 4.79 Å². The first kappa shape index (κ1) is 11.8. The van der Waals surface area contributed by atoms with Crippen molar-refractivity contribution in [3.8, 4) is 0 Å². The van der Waals surface area contributed by atoms with Gasteiger partial charge in [-0.1, -0.05) is 12.8 Å². The summed E-state index contributed by atoms with van der Waals surface area (Å²) in [6.07, 6.45) is 7.13. The highest BCUT2D eigenvalue weighted by atomic mass is 32.2. The molecule has 0 bridgehead atoms. The molecule has 0 aromatic rings. The molecule has 3 aliphatic rings. The maximum atomic E-state index is 12.5. The molecular weight excluding hydrogens is 232 g/mol. The van der Waals surface area contributed by atoms with Gasteiger partial charge in [0.2, 0.25) is 5.91 Å². The molecule has 1 amide bonds. The van der Waals surface area contributed by atoms with Gasteiger partial charge >= 0.3 is 0 Å². The Morgan fingerprint density at radius 1 is 1.29 bits per heavy atom. The summed E-state index contributed by atoms with van der Waals surface area (Å²) >= 11 is 2.06. The first-order chi connectivity index (χ1) is 8.30. The third-order valence-electron chi connectivity index (χ3n) is 4.58. The van der Waals surface area contributed by atoms with Gasteiger partial charge in [0.25, 0.3) is 0 Å². The number of carbonyl (C=O) groups is 1. The van der Waals surface area contributed by atoms with E-state index in [9.17, 15) is 4.79 Å². The molecule has 3 rings (SSSR count). The van der Waals surface area contributed by atoms with Crippen molar-refractivity contribution >= 4 is 17.7 Å². The van der Waals surface area contributed by atoms with Crippen LogP contribution in [0.25, 0.3) is 0 Å². The number of carbonyl (C=O) groups excluding carboxylic acids is 1. The molecule has 3 fully saturated rings. The van der Waals surface area contributed by atoms with Gasteiger partial charge in [-0.05, 0) is 43.1 Å². The summed E-state index contributed by atoms with van der Waals surface area (Å²) in [6, 6.07) is 0. The highest BCUT2D eigenvalue weighted by Gasteiger charge is 2.48. The fourth-order valence-electron chi connectivity index (χ4n) is 3.45. The van der Waals surface area contributed by atoms with Crippen LogP contribution in [0.2, 0.25) is 0 Å². The van der Waals surface area contributed by atoms with Crippen LogP contribution in [0.5, 0.6) is 0 Å². The van der Waals surface area contributed by atoms with Crippen molar-refractivity contribution in [3.63, 3.8) is 0 Å². The molecule has 2 heterocycles. The summed E-state index contributed by atoms with van der Waals surface area (Å²) in [6.45, 7) is 1.79. The summed E-state index contributed by atoms with van der Waals surface area (Å²) in [4.78, 5) is 14.6. The minimum absolute atomic E-state index is 0.149. The van der Waals surface area contributed by atoms with E-state index in [0.717, 1.165) is 32.0 Å². The van der Waals surface area contributed by atoms with Gasteiger partial charge in [-0.3, -0.25) is 10.1 Å². The first-order valence-corrected chi connectivity index (χ1v) is 8.08. The molecule has 1 saturated carbocycles. The Balaban J connectivity index is 1.59. The van der Waals surface area contributed by atoms with E-state index >= 15 is 0 Å². The van der Waals surface area contributed by atoms with Crippen LogP contribution >= 0.6 is 11.8 Å². The van der Waals surface area contributed by atoms with E-state index in [1.807, 2.05) is 0 Å². The summed E-state index contributed by atoms with van der Waals surface area (Å²) in [5.74, 6) is 3.71. The molecule has 3 nitrogen and oxygen atoms in total. The van der Waals surface area contributed by atoms with E-state index in [2.05, 4.69) is 22.0 Å². The number of amides is 1. The highest BCUT2D eigenvalue weighted by molar-refractivity contribution is 7.99. The summed E-state index contributed by atoms with van der Waals surface area (Å²) < 4.78 is 0. The van der Waals surface area contributed by atoms with Gasteiger partial charge < -0.3 is 4.90 Å². The van der Waals surface area contributed by atoms with E-state index in [4.69, 9.17) is 0 Å². The third-order valence-corrected chi connectivity index (χ3v) is 5.63. The predicted octanol–water partition coefficient (Wildman–Crippen LogP) is 1.83. The topological polar surface area (TPSA) is 32.3 Å². The standard InChI is InChI=1S/C13H22N2OS/c16-12-13(5-1-2-6-13)14-10-15(12)9-11-3-7-17-8-4-11/h11,14H,1-10H2. The van der Waals surface area contributed by atoms with Crippen LogP contribution in [0, 0.1) is 5.92 Å². The Morgan fingerprint density at radius 2 is 2.00 bits per heavy atom. The van der Waals surface area contributed by atoms with Gasteiger partial charge in [-0.25, -0.2) is 0 Å². The van der Waals surface area contributed by atoms with Crippen molar-refractivity contribution < 1.29 is 4.79 Å². The van der Waals surface area contributed by atoms with E-state index < -0.39 is 0 Å². The maximum Gasteiger partial charge on any atom is 0.243 e. The van der Waals surface area contributed by atoms with Gasteiger partial charge in [0.15, 0.2) is 0 Å². The molecule has 1 N–H and O–H groups in total. The zero-order valence-electron chi connectivity index (χ0n) is 10.4. The van der Waals surface area contributed by atoms with Crippen LogP contribution in [0.3, 0.4) is 0 Å². The molecule has 1 aliphatic carbocycles. The lowest BCUT2D eigenvalue weighted by atomic mass is 9.97. The van der Waals surface area contributed by atoms with Crippen LogP contribution in [0.15, 0.2) is 0 Å². The SMILES string of the molecule is O=C1N(CC2CCSCC2)CNC12CCCC2. The molecular formula is C13H22N2OS. The van der Waals surface area contributed by atoms with Gasteiger partial charge in [0.05, 0.1) is 12.2 Å². The van der Waals surface area contributed by atoms with Crippen LogP contribution in [0.1, 0.15) is 38.5 Å². The average Bonchev–Trinajstić information content (AvgIpc) is 2.95. The molecule has 2 aliphatic heterocycles. The second kappa shape index (κ2) is 4.81. The quantitative estimate of drug-likeness (QED) is 0.816. The lowest BCUT2D eigenvalue weighted by molar-refractivity contribution is -0.132. The summed E-state index contributed by atoms with van der Waals surface area (Å²) in [5.41, 5.74) is -0.149. The zero-order valence-corrected chi connectivity index (χ0v) is 11.2. The molecule has 4 heteroatoms. The molecule has 17 heavy (non-hydrogen) atoms. The number of nitrogens with one attached hydrogen (secondary N) is 1. The van der Waals surface area contributed by atoms with Gasteiger partial charge in [-0.2, -0.15) is 11.8 Å². The Morgan fingerprint density at radius 3 is 2.71 bits per heavy atom. The molecule has 0 atom stereocenters. The van der Waals surface area contributed by atoms with Crippen molar-refractivity contribution in [2.75, 3.05) is 24.7 Å². The summed E-state index contributed by atoms with van der Waals surface area (Å²) in [7, 11) is 0. The minimum Gasteiger partial charge on any atom is -0.328 e. The van der Waals surface area contributed by atoms with Crippen molar-refractivity contribution in [1.29, 1.82) is 0 Å². The van der Waals surface area contributed by atoms with Gasteiger partial charge in [-0.15, -0.1) is 0 Å². The van der Waals surface area contributed by atoms with Crippen molar-refractivity contribution in [2.45, 2.75) is 44.1 Å². The average molecular weight is 254 g/mol. The monoisotopic (exact) mass is 254 g/mol. The number of nitrogens with zero attached hydrogens (tertiary/aromatic N) is 1. The fraction of sp³-hybridized carbons (Fsp3) is 0.923. The Labute approximate surface area is 108 Å². The van der Waals surface area contributed by atoms with E-state index in [0.29, 0.717) is 5.91 Å². The zero-order chi connectivity index (χ0) is 11.7. The van der Waals surface area contributed by atoms with Gasteiger partial charge in [0, 0.05) is 6.54 Å². The van der Waals surface area contributed by atoms with Crippen molar-refractivity contribution in [1.82, 2.24) is 10.2 Å². The lowest BCUT2D eigenvalue weighted by Gasteiger charge is -2.27. The van der Waals surface area contributed by atoms with Crippen LogP contribution in [-0.4, -0.2) is 41.1 Å². The Kier molecular flexibility index (Phi) is 3.35. The second-order valence-corrected chi connectivity index (χ2v) is 6.93. The molecule has 0 aromatic heterocycles. The first-order valence-electron chi connectivity index (χ1n) is 6.92. The number of thioether (sulfide) groups is 1. The molecule has 96 valence electrons. The number of hydrogen-bond acceptors (Lipinski definition) is 3. The van der Waals surface area contributed by atoms with Crippen LogP contribution < -0.4 is 5.32 Å². The van der Waals surface area contributed by atoms with Gasteiger partial charge in [0.1, 0.15) is 0 Å². The Bertz CT molecular complexity index is 296. The molecule has 0 unspecified atom stereocenters. The second-order valence-electron chi connectivity index (χ2n) is 5.71. The van der Waals surface area contributed by atoms with E-state index in [1.165, 1.54) is 37.2 Å². The van der Waals surface area contributed by atoms with Crippen molar-refractivity contribution in [2.24, 2.45) is 5.92 Å². The smallest absolute Gasteiger partial charge is 0.243 e. The summed E-state index contributed by atoms with van der Waals surface area (Å²) in [5, 5.41) is 3.49. The van der Waals surface area contributed by atoms with Crippen molar-refractivity contribution in [3.05, 3.63) is 0 Å². The normalized spacial score (nSPS) is 29.4. The predicted molar refractivity (Wildman–Crippen MR) is 71.0 cm³/mol. The largest absolute Gasteiger partial charge is 0.328 e. The molecule has 1 spiro atoms. The molecule has 2 saturated heterocycles. The number of rotatable bonds is 2. The van der Waals surface area contributed by atoms with Crippen LogP contribution in [0.4, 0.5) is 0 Å². The third kappa shape index (κ3) is 2.22. The number of hydrogen-bond donors (Lipinski definition) is 1. The Hall–Kier alpha value is -0.220.